The second-order valence-electron chi connectivity index (χ2n) is 5.46. The molecule has 1 fully saturated rings. The summed E-state index contributed by atoms with van der Waals surface area (Å²) in [6.45, 7) is 3.33. The Kier molecular flexibility index (Phi) is 2.70. The van der Waals surface area contributed by atoms with Crippen molar-refractivity contribution in [2.24, 2.45) is 5.41 Å². The lowest BCUT2D eigenvalue weighted by Gasteiger charge is -2.18. The van der Waals surface area contributed by atoms with Gasteiger partial charge in [-0.3, -0.25) is 4.79 Å². The minimum atomic E-state index is -4.83. The molecule has 104 valence electrons. The van der Waals surface area contributed by atoms with Crippen LogP contribution in [0.1, 0.15) is 31.4 Å². The van der Waals surface area contributed by atoms with Gasteiger partial charge in [-0.05, 0) is 29.5 Å². The summed E-state index contributed by atoms with van der Waals surface area (Å²) in [5, 5.41) is 9.28. The first-order valence-corrected chi connectivity index (χ1v) is 5.63. The van der Waals surface area contributed by atoms with Gasteiger partial charge in [-0.25, -0.2) is 4.39 Å². The highest BCUT2D eigenvalue weighted by molar-refractivity contribution is 5.87. The van der Waals surface area contributed by atoms with Crippen molar-refractivity contribution in [3.05, 3.63) is 35.1 Å². The zero-order valence-corrected chi connectivity index (χ0v) is 10.3. The number of hydrogen-bond acceptors (Lipinski definition) is 1. The molecule has 0 saturated heterocycles. The Morgan fingerprint density at radius 2 is 1.84 bits per heavy atom. The zero-order valence-electron chi connectivity index (χ0n) is 10.3. The maximum absolute atomic E-state index is 13.2. The third kappa shape index (κ3) is 1.89. The van der Waals surface area contributed by atoms with E-state index < -0.39 is 34.4 Å². The Morgan fingerprint density at radius 1 is 1.32 bits per heavy atom. The largest absolute Gasteiger partial charge is 0.481 e. The molecule has 2 nitrogen and oxygen atoms in total. The summed E-state index contributed by atoms with van der Waals surface area (Å²) < 4.78 is 51.1. The van der Waals surface area contributed by atoms with E-state index in [1.165, 1.54) is 0 Å². The van der Waals surface area contributed by atoms with Crippen molar-refractivity contribution in [1.29, 1.82) is 0 Å². The molecule has 0 aromatic heterocycles. The lowest BCUT2D eigenvalue weighted by atomic mass is 9.87. The van der Waals surface area contributed by atoms with Crippen molar-refractivity contribution in [2.45, 2.75) is 31.9 Å². The Hall–Kier alpha value is -1.59. The van der Waals surface area contributed by atoms with Crippen LogP contribution in [0.4, 0.5) is 17.6 Å². The van der Waals surface area contributed by atoms with Crippen LogP contribution in [0.5, 0.6) is 0 Å². The molecule has 1 aliphatic carbocycles. The number of carboxylic acid groups (broad SMARTS) is 1. The first-order valence-electron chi connectivity index (χ1n) is 5.63. The molecular formula is C13H12F4O2. The molecule has 0 spiro atoms. The molecular weight excluding hydrogens is 264 g/mol. The van der Waals surface area contributed by atoms with Gasteiger partial charge in [0, 0.05) is 0 Å². The molecule has 1 aliphatic rings. The molecule has 1 saturated carbocycles. The first kappa shape index (κ1) is 13.8. The Morgan fingerprint density at radius 3 is 2.21 bits per heavy atom. The predicted molar refractivity (Wildman–Crippen MR) is 59.1 cm³/mol. The van der Waals surface area contributed by atoms with E-state index in [9.17, 15) is 27.5 Å². The molecule has 6 heteroatoms. The van der Waals surface area contributed by atoms with Gasteiger partial charge in [0.05, 0.1) is 11.0 Å². The van der Waals surface area contributed by atoms with Gasteiger partial charge >= 0.3 is 12.1 Å². The zero-order chi connectivity index (χ0) is 14.6. The number of carbonyl (C=O) groups is 1. The molecule has 1 atom stereocenters. The summed E-state index contributed by atoms with van der Waals surface area (Å²) in [7, 11) is 0. The van der Waals surface area contributed by atoms with Crippen LogP contribution in [-0.2, 0) is 16.4 Å². The lowest BCUT2D eigenvalue weighted by molar-refractivity contribution is -0.142. The molecule has 1 unspecified atom stereocenters. The number of aliphatic carboxylic acids is 1. The van der Waals surface area contributed by atoms with Crippen molar-refractivity contribution in [2.75, 3.05) is 0 Å². The summed E-state index contributed by atoms with van der Waals surface area (Å²) in [6, 6.07) is 2.41. The van der Waals surface area contributed by atoms with Crippen molar-refractivity contribution in [1.82, 2.24) is 0 Å². The van der Waals surface area contributed by atoms with Gasteiger partial charge in [0.15, 0.2) is 0 Å². The van der Waals surface area contributed by atoms with Crippen LogP contribution >= 0.6 is 0 Å². The molecule has 19 heavy (non-hydrogen) atoms. The highest BCUT2D eigenvalue weighted by Gasteiger charge is 2.68. The van der Waals surface area contributed by atoms with E-state index in [1.807, 2.05) is 0 Å². The van der Waals surface area contributed by atoms with E-state index in [-0.39, 0.29) is 12.0 Å². The van der Waals surface area contributed by atoms with Crippen molar-refractivity contribution in [3.8, 4) is 0 Å². The minimum Gasteiger partial charge on any atom is -0.481 e. The number of carboxylic acids is 1. The molecule has 1 N–H and O–H groups in total. The van der Waals surface area contributed by atoms with Gasteiger partial charge in [0.25, 0.3) is 0 Å². The lowest BCUT2D eigenvalue weighted by Crippen LogP contribution is -2.26. The summed E-state index contributed by atoms with van der Waals surface area (Å²) in [6.07, 6.45) is -4.60. The Balaban J connectivity index is 2.57. The molecule has 0 radical (unpaired) electrons. The summed E-state index contributed by atoms with van der Waals surface area (Å²) in [5.41, 5.74) is -3.42. The van der Waals surface area contributed by atoms with Crippen LogP contribution in [0.2, 0.25) is 0 Å². The topological polar surface area (TPSA) is 37.3 Å². The van der Waals surface area contributed by atoms with E-state index in [0.717, 1.165) is 6.07 Å². The maximum Gasteiger partial charge on any atom is 0.419 e. The molecule has 2 rings (SSSR count). The summed E-state index contributed by atoms with van der Waals surface area (Å²) in [5.74, 6) is -2.58. The molecule has 1 aromatic rings. The summed E-state index contributed by atoms with van der Waals surface area (Å²) >= 11 is 0. The van der Waals surface area contributed by atoms with Gasteiger partial charge in [0.1, 0.15) is 5.82 Å². The fourth-order valence-electron chi connectivity index (χ4n) is 2.61. The molecule has 0 aliphatic heterocycles. The minimum absolute atomic E-state index is 0.00118. The first-order chi connectivity index (χ1) is 8.52. The summed E-state index contributed by atoms with van der Waals surface area (Å²) in [4.78, 5) is 11.4. The van der Waals surface area contributed by atoms with Crippen LogP contribution in [0.25, 0.3) is 0 Å². The van der Waals surface area contributed by atoms with Gasteiger partial charge in [-0.15, -0.1) is 0 Å². The normalized spacial score (nSPS) is 25.2. The van der Waals surface area contributed by atoms with E-state index in [0.29, 0.717) is 12.1 Å². The van der Waals surface area contributed by atoms with Crippen LogP contribution < -0.4 is 0 Å². The fraction of sp³-hybridized carbons (Fsp3) is 0.462. The molecule has 0 amide bonds. The van der Waals surface area contributed by atoms with Crippen molar-refractivity contribution >= 4 is 5.97 Å². The average molecular weight is 276 g/mol. The second kappa shape index (κ2) is 3.71. The molecule has 0 heterocycles. The quantitative estimate of drug-likeness (QED) is 0.838. The molecule has 1 aromatic carbocycles. The number of hydrogen-bond donors (Lipinski definition) is 1. The molecule has 0 bridgehead atoms. The van der Waals surface area contributed by atoms with E-state index in [1.54, 1.807) is 13.8 Å². The smallest absolute Gasteiger partial charge is 0.419 e. The monoisotopic (exact) mass is 276 g/mol. The van der Waals surface area contributed by atoms with E-state index in [4.69, 9.17) is 0 Å². The van der Waals surface area contributed by atoms with Crippen LogP contribution in [0.3, 0.4) is 0 Å². The average Bonchev–Trinajstić information content (AvgIpc) is 2.82. The standard InChI is InChI=1S/C13H12F4O2/c1-11(2)6-12(11,10(18)19)7-3-4-9(14)8(5-7)13(15,16)17/h3-5H,6H2,1-2H3,(H,18,19). The van der Waals surface area contributed by atoms with Gasteiger partial charge in [-0.2, -0.15) is 13.2 Å². The van der Waals surface area contributed by atoms with Gasteiger partial charge < -0.3 is 5.11 Å². The van der Waals surface area contributed by atoms with Crippen molar-refractivity contribution < 1.29 is 27.5 Å². The highest BCUT2D eigenvalue weighted by atomic mass is 19.4. The number of benzene rings is 1. The predicted octanol–water partition coefficient (Wildman–Crippen LogP) is 3.60. The maximum atomic E-state index is 13.2. The number of alkyl halides is 3. The van der Waals surface area contributed by atoms with Gasteiger partial charge in [0.2, 0.25) is 0 Å². The number of rotatable bonds is 2. The van der Waals surface area contributed by atoms with Crippen LogP contribution in [0, 0.1) is 11.2 Å². The van der Waals surface area contributed by atoms with E-state index >= 15 is 0 Å². The highest BCUT2D eigenvalue weighted by Crippen LogP contribution is 2.64. The third-order valence-electron chi connectivity index (χ3n) is 3.87. The van der Waals surface area contributed by atoms with E-state index in [2.05, 4.69) is 0 Å². The Bertz CT molecular complexity index is 548. The second-order valence-corrected chi connectivity index (χ2v) is 5.46. The Labute approximate surface area is 107 Å². The van der Waals surface area contributed by atoms with Crippen molar-refractivity contribution in [3.63, 3.8) is 0 Å². The van der Waals surface area contributed by atoms with Crippen LogP contribution in [-0.4, -0.2) is 11.1 Å². The van der Waals surface area contributed by atoms with Crippen LogP contribution in [0.15, 0.2) is 18.2 Å². The fourth-order valence-corrected chi connectivity index (χ4v) is 2.61. The van der Waals surface area contributed by atoms with Gasteiger partial charge in [-0.1, -0.05) is 19.9 Å². The SMILES string of the molecule is CC1(C)CC1(C(=O)O)c1ccc(F)c(C(F)(F)F)c1. The number of halogens is 4. The third-order valence-corrected chi connectivity index (χ3v) is 3.87.